The maximum absolute atomic E-state index is 13.2. The number of nitrogens with one attached hydrogen (secondary N) is 1. The van der Waals surface area contributed by atoms with Crippen LogP contribution in [-0.2, 0) is 4.79 Å². The highest BCUT2D eigenvalue weighted by Gasteiger charge is 2.09. The summed E-state index contributed by atoms with van der Waals surface area (Å²) in [6, 6.07) is 3.10. The van der Waals surface area contributed by atoms with Crippen molar-refractivity contribution in [3.63, 3.8) is 0 Å². The van der Waals surface area contributed by atoms with Gasteiger partial charge in [-0.2, -0.15) is 0 Å². The molecular formula is C14H18FNO4. The number of halogens is 1. The number of carbonyl (C=O) groups is 2. The first-order valence-electron chi connectivity index (χ1n) is 6.32. The Bertz CT molecular complexity index is 488. The predicted octanol–water partition coefficient (Wildman–Crippen LogP) is 2.07. The zero-order chi connectivity index (χ0) is 15.1. The van der Waals surface area contributed by atoms with Gasteiger partial charge in [0.05, 0.1) is 5.56 Å². The molecule has 0 atom stereocenters. The van der Waals surface area contributed by atoms with Gasteiger partial charge < -0.3 is 15.2 Å². The van der Waals surface area contributed by atoms with Crippen LogP contribution >= 0.6 is 0 Å². The molecule has 5 nitrogen and oxygen atoms in total. The van der Waals surface area contributed by atoms with E-state index in [1.165, 1.54) is 6.07 Å². The van der Waals surface area contributed by atoms with E-state index in [0.717, 1.165) is 18.6 Å². The van der Waals surface area contributed by atoms with Gasteiger partial charge in [0.1, 0.15) is 11.6 Å². The van der Waals surface area contributed by atoms with Crippen LogP contribution in [0.15, 0.2) is 18.2 Å². The van der Waals surface area contributed by atoms with Gasteiger partial charge in [-0.25, -0.2) is 9.18 Å². The van der Waals surface area contributed by atoms with Crippen molar-refractivity contribution in [1.82, 2.24) is 5.32 Å². The Morgan fingerprint density at radius 1 is 1.35 bits per heavy atom. The molecule has 110 valence electrons. The number of amides is 1. The highest BCUT2D eigenvalue weighted by molar-refractivity contribution is 5.88. The van der Waals surface area contributed by atoms with E-state index in [0.29, 0.717) is 12.5 Å². The van der Waals surface area contributed by atoms with Crippen LogP contribution in [0.2, 0.25) is 0 Å². The SMILES string of the molecule is CC(C)CCNC(=O)COc1cc(F)cc(C(=O)O)c1. The number of ether oxygens (including phenoxy) is 1. The second kappa shape index (κ2) is 7.47. The predicted molar refractivity (Wildman–Crippen MR) is 71.3 cm³/mol. The number of carboxylic acid groups (broad SMARTS) is 1. The zero-order valence-corrected chi connectivity index (χ0v) is 11.5. The van der Waals surface area contributed by atoms with E-state index in [2.05, 4.69) is 5.32 Å². The van der Waals surface area contributed by atoms with Crippen molar-refractivity contribution in [2.75, 3.05) is 13.2 Å². The van der Waals surface area contributed by atoms with Crippen LogP contribution in [0.25, 0.3) is 0 Å². The summed E-state index contributed by atoms with van der Waals surface area (Å²) >= 11 is 0. The summed E-state index contributed by atoms with van der Waals surface area (Å²) in [7, 11) is 0. The molecule has 1 aromatic rings. The fourth-order valence-corrected chi connectivity index (χ4v) is 1.47. The van der Waals surface area contributed by atoms with Gasteiger partial charge in [-0.05, 0) is 24.5 Å². The lowest BCUT2D eigenvalue weighted by atomic mass is 10.1. The second-order valence-electron chi connectivity index (χ2n) is 4.80. The molecular weight excluding hydrogens is 265 g/mol. The summed E-state index contributed by atoms with van der Waals surface area (Å²) in [5, 5.41) is 11.4. The van der Waals surface area contributed by atoms with E-state index >= 15 is 0 Å². The minimum absolute atomic E-state index is 0.0152. The standard InChI is InChI=1S/C14H18FNO4/c1-9(2)3-4-16-13(17)8-20-12-6-10(14(18)19)5-11(15)7-12/h5-7,9H,3-4,8H2,1-2H3,(H,16,17)(H,18,19). The van der Waals surface area contributed by atoms with Crippen molar-refractivity contribution >= 4 is 11.9 Å². The van der Waals surface area contributed by atoms with Crippen molar-refractivity contribution in [1.29, 1.82) is 0 Å². The number of aromatic carboxylic acids is 1. The van der Waals surface area contributed by atoms with Crippen molar-refractivity contribution in [3.8, 4) is 5.75 Å². The topological polar surface area (TPSA) is 75.6 Å². The third kappa shape index (κ3) is 5.69. The van der Waals surface area contributed by atoms with Gasteiger partial charge in [-0.1, -0.05) is 13.8 Å². The minimum Gasteiger partial charge on any atom is -0.484 e. The smallest absolute Gasteiger partial charge is 0.335 e. The molecule has 0 saturated heterocycles. The Balaban J connectivity index is 2.49. The van der Waals surface area contributed by atoms with Crippen LogP contribution < -0.4 is 10.1 Å². The second-order valence-corrected chi connectivity index (χ2v) is 4.80. The lowest BCUT2D eigenvalue weighted by molar-refractivity contribution is -0.123. The maximum Gasteiger partial charge on any atom is 0.335 e. The highest BCUT2D eigenvalue weighted by atomic mass is 19.1. The molecule has 2 N–H and O–H groups in total. The first kappa shape index (κ1) is 15.9. The normalized spacial score (nSPS) is 10.4. The van der Waals surface area contributed by atoms with E-state index in [-0.39, 0.29) is 23.8 Å². The van der Waals surface area contributed by atoms with Gasteiger partial charge in [0.25, 0.3) is 5.91 Å². The summed E-state index contributed by atoms with van der Waals surface area (Å²) in [6.45, 7) is 4.36. The lowest BCUT2D eigenvalue weighted by Crippen LogP contribution is -2.30. The third-order valence-electron chi connectivity index (χ3n) is 2.53. The van der Waals surface area contributed by atoms with E-state index < -0.39 is 11.8 Å². The quantitative estimate of drug-likeness (QED) is 0.803. The van der Waals surface area contributed by atoms with Crippen LogP contribution in [0.4, 0.5) is 4.39 Å². The van der Waals surface area contributed by atoms with Crippen LogP contribution in [0, 0.1) is 11.7 Å². The molecule has 0 aliphatic rings. The lowest BCUT2D eigenvalue weighted by Gasteiger charge is -2.09. The number of benzene rings is 1. The minimum atomic E-state index is -1.25. The summed E-state index contributed by atoms with van der Waals surface area (Å²) < 4.78 is 18.2. The van der Waals surface area contributed by atoms with Gasteiger partial charge in [-0.3, -0.25) is 4.79 Å². The van der Waals surface area contributed by atoms with Crippen LogP contribution in [0.3, 0.4) is 0 Å². The molecule has 0 radical (unpaired) electrons. The van der Waals surface area contributed by atoms with Crippen LogP contribution in [0.5, 0.6) is 5.75 Å². The van der Waals surface area contributed by atoms with Gasteiger partial charge in [0.15, 0.2) is 6.61 Å². The number of hydrogen-bond donors (Lipinski definition) is 2. The average Bonchev–Trinajstić information content (AvgIpc) is 2.35. The fraction of sp³-hybridized carbons (Fsp3) is 0.429. The molecule has 0 spiro atoms. The molecule has 1 rings (SSSR count). The molecule has 0 aliphatic carbocycles. The third-order valence-corrected chi connectivity index (χ3v) is 2.53. The van der Waals surface area contributed by atoms with Crippen molar-refractivity contribution in [2.45, 2.75) is 20.3 Å². The van der Waals surface area contributed by atoms with Crippen molar-refractivity contribution < 1.29 is 23.8 Å². The molecule has 1 aromatic carbocycles. The summed E-state index contributed by atoms with van der Waals surface area (Å²) in [5.41, 5.74) is -0.222. The monoisotopic (exact) mass is 283 g/mol. The van der Waals surface area contributed by atoms with E-state index in [1.807, 2.05) is 13.8 Å². The molecule has 6 heteroatoms. The van der Waals surface area contributed by atoms with Crippen LogP contribution in [-0.4, -0.2) is 30.1 Å². The number of carboxylic acids is 1. The molecule has 0 aromatic heterocycles. The Hall–Kier alpha value is -2.11. The molecule has 0 fully saturated rings. The Morgan fingerprint density at radius 3 is 2.65 bits per heavy atom. The first-order chi connectivity index (χ1) is 9.38. The number of rotatable bonds is 7. The van der Waals surface area contributed by atoms with Crippen LogP contribution in [0.1, 0.15) is 30.6 Å². The van der Waals surface area contributed by atoms with Gasteiger partial charge in [0, 0.05) is 12.6 Å². The number of carbonyl (C=O) groups excluding carboxylic acids is 1. The van der Waals surface area contributed by atoms with Gasteiger partial charge >= 0.3 is 5.97 Å². The number of hydrogen-bond acceptors (Lipinski definition) is 3. The zero-order valence-electron chi connectivity index (χ0n) is 11.5. The summed E-state index contributed by atoms with van der Waals surface area (Å²) in [5.74, 6) is -1.80. The molecule has 0 aliphatic heterocycles. The van der Waals surface area contributed by atoms with Crippen molar-refractivity contribution in [2.24, 2.45) is 5.92 Å². The maximum atomic E-state index is 13.2. The molecule has 0 bridgehead atoms. The van der Waals surface area contributed by atoms with Gasteiger partial charge in [0.2, 0.25) is 0 Å². The molecule has 0 heterocycles. The highest BCUT2D eigenvalue weighted by Crippen LogP contribution is 2.16. The molecule has 0 unspecified atom stereocenters. The molecule has 1 amide bonds. The van der Waals surface area contributed by atoms with E-state index in [1.54, 1.807) is 0 Å². The summed E-state index contributed by atoms with van der Waals surface area (Å²) in [6.07, 6.45) is 0.856. The van der Waals surface area contributed by atoms with E-state index in [4.69, 9.17) is 9.84 Å². The van der Waals surface area contributed by atoms with Crippen molar-refractivity contribution in [3.05, 3.63) is 29.6 Å². The summed E-state index contributed by atoms with van der Waals surface area (Å²) in [4.78, 5) is 22.2. The fourth-order valence-electron chi connectivity index (χ4n) is 1.47. The average molecular weight is 283 g/mol. The van der Waals surface area contributed by atoms with Gasteiger partial charge in [-0.15, -0.1) is 0 Å². The Labute approximate surface area is 116 Å². The Kier molecular flexibility index (Phi) is 5.96. The molecule has 20 heavy (non-hydrogen) atoms. The van der Waals surface area contributed by atoms with E-state index in [9.17, 15) is 14.0 Å². The molecule has 0 saturated carbocycles. The first-order valence-corrected chi connectivity index (χ1v) is 6.32. The largest absolute Gasteiger partial charge is 0.484 e. The Morgan fingerprint density at radius 2 is 2.05 bits per heavy atom.